The predicted molar refractivity (Wildman–Crippen MR) is 148 cm³/mol. The molecule has 1 fully saturated rings. The molecule has 2 aliphatic heterocycles. The molecule has 9 nitrogen and oxygen atoms in total. The summed E-state index contributed by atoms with van der Waals surface area (Å²) < 4.78 is 22.6. The highest BCUT2D eigenvalue weighted by Gasteiger charge is 2.44. The van der Waals surface area contributed by atoms with Gasteiger partial charge in [-0.25, -0.2) is 0 Å². The number of carbonyl (C=O) groups excluding carboxylic acids is 2. The summed E-state index contributed by atoms with van der Waals surface area (Å²) in [7, 11) is 0. The lowest BCUT2D eigenvalue weighted by atomic mass is 9.95. The van der Waals surface area contributed by atoms with Crippen LogP contribution in [0.15, 0.2) is 76.4 Å². The van der Waals surface area contributed by atoms with Crippen molar-refractivity contribution in [1.82, 2.24) is 9.80 Å². The molecule has 3 heterocycles. The van der Waals surface area contributed by atoms with Crippen LogP contribution >= 0.6 is 0 Å². The zero-order chi connectivity index (χ0) is 28.1. The van der Waals surface area contributed by atoms with Gasteiger partial charge in [-0.1, -0.05) is 30.3 Å². The van der Waals surface area contributed by atoms with Crippen LogP contribution in [0, 0.1) is 13.8 Å². The Kier molecular flexibility index (Phi) is 8.52. The molecule has 2 aliphatic rings. The second kappa shape index (κ2) is 12.4. The van der Waals surface area contributed by atoms with Crippen molar-refractivity contribution < 1.29 is 33.3 Å². The highest BCUT2D eigenvalue weighted by Crippen LogP contribution is 2.39. The number of aliphatic hydroxyl groups is 1. The minimum atomic E-state index is -0.759. The number of hydrogen-bond acceptors (Lipinski definition) is 8. The van der Waals surface area contributed by atoms with E-state index in [1.807, 2.05) is 43.3 Å². The van der Waals surface area contributed by atoms with Crippen LogP contribution in [0.3, 0.4) is 0 Å². The van der Waals surface area contributed by atoms with E-state index in [1.54, 1.807) is 36.1 Å². The number of morpholine rings is 1. The molecule has 0 bridgehead atoms. The summed E-state index contributed by atoms with van der Waals surface area (Å²) in [6.07, 6.45) is 0. The Morgan fingerprint density at radius 2 is 1.68 bits per heavy atom. The van der Waals surface area contributed by atoms with Crippen molar-refractivity contribution in [2.45, 2.75) is 19.9 Å². The van der Waals surface area contributed by atoms with Crippen LogP contribution in [0.2, 0.25) is 0 Å². The summed E-state index contributed by atoms with van der Waals surface area (Å²) in [6, 6.07) is 17.5. The van der Waals surface area contributed by atoms with Crippen molar-refractivity contribution >= 4 is 11.7 Å². The number of ketones is 1. The van der Waals surface area contributed by atoms with E-state index in [4.69, 9.17) is 18.6 Å². The summed E-state index contributed by atoms with van der Waals surface area (Å²) in [5, 5.41) is 10.9. The summed E-state index contributed by atoms with van der Waals surface area (Å²) in [5.41, 5.74) is 1.76. The van der Waals surface area contributed by atoms with Gasteiger partial charge in [-0.3, -0.25) is 14.5 Å². The molecule has 1 saturated heterocycles. The molecule has 1 amide bonds. The highest BCUT2D eigenvalue weighted by molar-refractivity contribution is 6.15. The van der Waals surface area contributed by atoms with Crippen LogP contribution in [0.5, 0.6) is 11.5 Å². The summed E-state index contributed by atoms with van der Waals surface area (Å²) >= 11 is 0. The van der Waals surface area contributed by atoms with Crippen molar-refractivity contribution in [2.75, 3.05) is 52.6 Å². The van der Waals surface area contributed by atoms with E-state index in [1.165, 1.54) is 0 Å². The van der Waals surface area contributed by atoms with Crippen LogP contribution in [-0.2, 0) is 9.53 Å². The van der Waals surface area contributed by atoms with Gasteiger partial charge in [-0.05, 0) is 55.3 Å². The van der Waals surface area contributed by atoms with Gasteiger partial charge in [0, 0.05) is 26.2 Å². The molecular formula is C31H34N2O7. The Morgan fingerprint density at radius 1 is 0.950 bits per heavy atom. The molecule has 1 aromatic heterocycles. The molecule has 0 spiro atoms. The number of amides is 1. The van der Waals surface area contributed by atoms with E-state index in [2.05, 4.69) is 4.90 Å². The van der Waals surface area contributed by atoms with Gasteiger partial charge in [-0.15, -0.1) is 0 Å². The van der Waals surface area contributed by atoms with E-state index < -0.39 is 23.5 Å². The number of carbonyl (C=O) groups is 2. The van der Waals surface area contributed by atoms with E-state index in [0.717, 1.165) is 24.4 Å². The first kappa shape index (κ1) is 27.5. The normalized spacial score (nSPS) is 17.9. The summed E-state index contributed by atoms with van der Waals surface area (Å²) in [4.78, 5) is 30.5. The van der Waals surface area contributed by atoms with Crippen molar-refractivity contribution in [3.63, 3.8) is 0 Å². The quantitative estimate of drug-likeness (QED) is 0.281. The molecular weight excluding hydrogens is 512 g/mol. The zero-order valence-corrected chi connectivity index (χ0v) is 22.8. The largest absolute Gasteiger partial charge is 0.503 e. The average Bonchev–Trinajstić information content (AvgIpc) is 3.52. The third kappa shape index (κ3) is 6.05. The van der Waals surface area contributed by atoms with Crippen LogP contribution in [0.4, 0.5) is 0 Å². The number of benzene rings is 2. The molecule has 0 aliphatic carbocycles. The number of rotatable bonds is 11. The Bertz CT molecular complexity index is 1370. The van der Waals surface area contributed by atoms with Gasteiger partial charge < -0.3 is 28.6 Å². The zero-order valence-electron chi connectivity index (χ0n) is 22.8. The molecule has 3 aromatic rings. The molecule has 0 unspecified atom stereocenters. The first-order valence-corrected chi connectivity index (χ1v) is 13.5. The lowest BCUT2D eigenvalue weighted by molar-refractivity contribution is -0.129. The molecule has 0 saturated carbocycles. The third-order valence-electron chi connectivity index (χ3n) is 7.17. The van der Waals surface area contributed by atoms with Gasteiger partial charge in [0.05, 0.1) is 24.8 Å². The Morgan fingerprint density at radius 3 is 2.38 bits per heavy atom. The number of aryl methyl sites for hydroxylation is 2. The van der Waals surface area contributed by atoms with Gasteiger partial charge in [0.2, 0.25) is 5.78 Å². The maximum absolute atomic E-state index is 13.5. The van der Waals surface area contributed by atoms with Crippen LogP contribution in [0.1, 0.15) is 33.5 Å². The van der Waals surface area contributed by atoms with Crippen LogP contribution < -0.4 is 9.47 Å². The second-order valence-corrected chi connectivity index (χ2v) is 9.89. The van der Waals surface area contributed by atoms with Crippen molar-refractivity contribution in [2.24, 2.45) is 0 Å². The van der Waals surface area contributed by atoms with Gasteiger partial charge >= 0.3 is 0 Å². The third-order valence-corrected chi connectivity index (χ3v) is 7.17. The van der Waals surface area contributed by atoms with E-state index in [9.17, 15) is 14.7 Å². The van der Waals surface area contributed by atoms with E-state index in [-0.39, 0.29) is 11.3 Å². The second-order valence-electron chi connectivity index (χ2n) is 9.89. The first-order chi connectivity index (χ1) is 19.4. The number of nitrogens with zero attached hydrogens (tertiary/aromatic N) is 2. The molecule has 40 heavy (non-hydrogen) atoms. The lowest BCUT2D eigenvalue weighted by Gasteiger charge is -2.31. The number of Topliss-reactive ketones (excluding diaryl/α,β-unsaturated/α-hetero) is 1. The molecule has 9 heteroatoms. The first-order valence-electron chi connectivity index (χ1n) is 13.5. The van der Waals surface area contributed by atoms with Crippen LogP contribution in [0.25, 0.3) is 0 Å². The van der Waals surface area contributed by atoms with Crippen molar-refractivity contribution in [3.8, 4) is 11.5 Å². The number of ether oxygens (including phenoxy) is 3. The monoisotopic (exact) mass is 546 g/mol. The fourth-order valence-corrected chi connectivity index (χ4v) is 5.00. The van der Waals surface area contributed by atoms with E-state index >= 15 is 0 Å². The number of aliphatic hydroxyl groups excluding tert-OH is 1. The maximum Gasteiger partial charge on any atom is 0.290 e. The molecule has 1 N–H and O–H groups in total. The predicted octanol–water partition coefficient (Wildman–Crippen LogP) is 4.26. The fraction of sp³-hybridized carbons (Fsp3) is 0.355. The number of furan rings is 1. The number of para-hydroxylation sites is 1. The highest BCUT2D eigenvalue weighted by atomic mass is 16.5. The van der Waals surface area contributed by atoms with Gasteiger partial charge in [0.25, 0.3) is 5.91 Å². The number of hydrogen-bond donors (Lipinski definition) is 1. The Labute approximate surface area is 233 Å². The standard InChI is InChI=1S/C31H34N2O7/c1-21-5-3-4-6-25(21)39-20-19-38-24-10-8-23(9-11-24)28-27(29(34)26-12-7-22(2)40-26)30(35)31(36)33(28)14-13-32-15-17-37-18-16-32/h3-12,28,35H,13-20H2,1-2H3/t28-/m0/s1. The van der Waals surface area contributed by atoms with Gasteiger partial charge in [-0.2, -0.15) is 0 Å². The molecule has 5 rings (SSSR count). The van der Waals surface area contributed by atoms with Crippen molar-refractivity contribution in [3.05, 3.63) is 94.6 Å². The maximum atomic E-state index is 13.5. The summed E-state index contributed by atoms with van der Waals surface area (Å²) in [5.74, 6) is 0.482. The summed E-state index contributed by atoms with van der Waals surface area (Å²) in [6.45, 7) is 8.22. The minimum absolute atomic E-state index is 0.0154. The average molecular weight is 547 g/mol. The minimum Gasteiger partial charge on any atom is -0.503 e. The molecule has 0 radical (unpaired) electrons. The van der Waals surface area contributed by atoms with Gasteiger partial charge in [0.1, 0.15) is 30.5 Å². The molecule has 2 aromatic carbocycles. The Balaban J connectivity index is 1.32. The smallest absolute Gasteiger partial charge is 0.290 e. The lowest BCUT2D eigenvalue weighted by Crippen LogP contribution is -2.43. The molecule has 210 valence electrons. The SMILES string of the molecule is Cc1ccc(C(=O)C2=C(O)C(=O)N(CCN3CCOCC3)[C@H]2c2ccc(OCCOc3ccccc3C)cc2)o1. The van der Waals surface area contributed by atoms with Crippen molar-refractivity contribution in [1.29, 1.82) is 0 Å². The van der Waals surface area contributed by atoms with E-state index in [0.29, 0.717) is 56.6 Å². The topological polar surface area (TPSA) is 102 Å². The fourth-order valence-electron chi connectivity index (χ4n) is 5.00. The molecule has 1 atom stereocenters. The Hall–Kier alpha value is -4.08. The van der Waals surface area contributed by atoms with Gasteiger partial charge in [0.15, 0.2) is 11.5 Å². The van der Waals surface area contributed by atoms with Crippen LogP contribution in [-0.4, -0.2) is 79.2 Å².